The van der Waals surface area contributed by atoms with Crippen LogP contribution >= 0.6 is 11.8 Å². The second kappa shape index (κ2) is 9.62. The number of carbonyl (C=O) groups is 1. The molecule has 2 aromatic rings. The molecule has 2 aliphatic rings. The summed E-state index contributed by atoms with van der Waals surface area (Å²) in [5, 5.41) is 0. The van der Waals surface area contributed by atoms with Gasteiger partial charge in [0.15, 0.2) is 0 Å². The van der Waals surface area contributed by atoms with Crippen molar-refractivity contribution >= 4 is 17.7 Å². The number of nitrogens with zero attached hydrogens (tertiary/aromatic N) is 2. The minimum absolute atomic E-state index is 0.309. The van der Waals surface area contributed by atoms with E-state index in [1.165, 1.54) is 35.3 Å². The first-order chi connectivity index (χ1) is 13.8. The van der Waals surface area contributed by atoms with Gasteiger partial charge in [-0.25, -0.2) is 0 Å². The molecule has 28 heavy (non-hydrogen) atoms. The van der Waals surface area contributed by atoms with Gasteiger partial charge in [-0.1, -0.05) is 48.5 Å². The van der Waals surface area contributed by atoms with Gasteiger partial charge in [-0.15, -0.1) is 11.8 Å². The second-order valence-electron chi connectivity index (χ2n) is 8.00. The summed E-state index contributed by atoms with van der Waals surface area (Å²) in [6, 6.07) is 19.3. The molecule has 148 valence electrons. The smallest absolute Gasteiger partial charge is 0.224 e. The SMILES string of the molecule is O=C(CCN1CCC(Cc2ccccc2)CC1)N1CCSc2ccccc2C1. The first kappa shape index (κ1) is 19.5. The molecule has 0 bridgehead atoms. The molecule has 1 amide bonds. The van der Waals surface area contributed by atoms with Crippen molar-refractivity contribution in [2.45, 2.75) is 37.1 Å². The fraction of sp³-hybridized carbons (Fsp3) is 0.458. The highest BCUT2D eigenvalue weighted by molar-refractivity contribution is 7.99. The van der Waals surface area contributed by atoms with Gasteiger partial charge in [0.05, 0.1) is 0 Å². The third-order valence-electron chi connectivity index (χ3n) is 6.02. The van der Waals surface area contributed by atoms with Crippen LogP contribution in [0, 0.1) is 5.92 Å². The van der Waals surface area contributed by atoms with Crippen LogP contribution in [0.4, 0.5) is 0 Å². The van der Waals surface area contributed by atoms with E-state index in [2.05, 4.69) is 64.4 Å². The number of hydrogen-bond acceptors (Lipinski definition) is 3. The van der Waals surface area contributed by atoms with Gasteiger partial charge in [-0.05, 0) is 55.5 Å². The molecule has 0 radical (unpaired) electrons. The van der Waals surface area contributed by atoms with Crippen molar-refractivity contribution in [2.24, 2.45) is 5.92 Å². The Kier molecular flexibility index (Phi) is 6.71. The topological polar surface area (TPSA) is 23.6 Å². The zero-order chi connectivity index (χ0) is 19.2. The number of thioether (sulfide) groups is 1. The average Bonchev–Trinajstić information content (AvgIpc) is 2.96. The largest absolute Gasteiger partial charge is 0.337 e. The molecular formula is C24H30N2OS. The lowest BCUT2D eigenvalue weighted by atomic mass is 9.90. The molecule has 2 aliphatic heterocycles. The molecular weight excluding hydrogens is 364 g/mol. The summed E-state index contributed by atoms with van der Waals surface area (Å²) in [6.45, 7) is 4.79. The lowest BCUT2D eigenvalue weighted by molar-refractivity contribution is -0.132. The lowest BCUT2D eigenvalue weighted by Gasteiger charge is -2.32. The third-order valence-corrected chi connectivity index (χ3v) is 7.12. The molecule has 0 unspecified atom stereocenters. The second-order valence-corrected chi connectivity index (χ2v) is 9.13. The van der Waals surface area contributed by atoms with Crippen LogP contribution < -0.4 is 0 Å². The average molecular weight is 395 g/mol. The fourth-order valence-electron chi connectivity index (χ4n) is 4.31. The highest BCUT2D eigenvalue weighted by Gasteiger charge is 2.22. The van der Waals surface area contributed by atoms with Crippen molar-refractivity contribution in [1.29, 1.82) is 0 Å². The quantitative estimate of drug-likeness (QED) is 0.748. The zero-order valence-corrected chi connectivity index (χ0v) is 17.4. The Morgan fingerprint density at radius 1 is 0.964 bits per heavy atom. The Bertz CT molecular complexity index is 771. The first-order valence-corrected chi connectivity index (χ1v) is 11.5. The maximum absolute atomic E-state index is 12.8. The van der Waals surface area contributed by atoms with Gasteiger partial charge in [0.1, 0.15) is 0 Å². The van der Waals surface area contributed by atoms with Crippen LogP contribution in [0.3, 0.4) is 0 Å². The predicted molar refractivity (Wildman–Crippen MR) is 117 cm³/mol. The molecule has 1 fully saturated rings. The summed E-state index contributed by atoms with van der Waals surface area (Å²) < 4.78 is 0. The molecule has 4 heteroatoms. The summed E-state index contributed by atoms with van der Waals surface area (Å²) in [5.74, 6) is 2.09. The van der Waals surface area contributed by atoms with E-state index in [1.807, 2.05) is 11.8 Å². The van der Waals surface area contributed by atoms with Crippen LogP contribution in [0.5, 0.6) is 0 Å². The van der Waals surface area contributed by atoms with Crippen LogP contribution in [-0.2, 0) is 17.8 Å². The fourth-order valence-corrected chi connectivity index (χ4v) is 5.34. The Morgan fingerprint density at radius 2 is 1.71 bits per heavy atom. The summed E-state index contributed by atoms with van der Waals surface area (Å²) in [5.41, 5.74) is 2.75. The van der Waals surface area contributed by atoms with Gasteiger partial charge in [-0.2, -0.15) is 0 Å². The van der Waals surface area contributed by atoms with E-state index in [9.17, 15) is 4.79 Å². The van der Waals surface area contributed by atoms with E-state index >= 15 is 0 Å². The Balaban J connectivity index is 1.21. The maximum atomic E-state index is 12.8. The Labute approximate surface area is 173 Å². The number of amides is 1. The minimum atomic E-state index is 0.309. The molecule has 0 saturated carbocycles. The van der Waals surface area contributed by atoms with Gasteiger partial charge >= 0.3 is 0 Å². The van der Waals surface area contributed by atoms with E-state index < -0.39 is 0 Å². The monoisotopic (exact) mass is 394 g/mol. The minimum Gasteiger partial charge on any atom is -0.337 e. The molecule has 0 spiro atoms. The first-order valence-electron chi connectivity index (χ1n) is 10.5. The zero-order valence-electron chi connectivity index (χ0n) is 16.6. The van der Waals surface area contributed by atoms with Crippen LogP contribution in [-0.4, -0.2) is 47.6 Å². The van der Waals surface area contributed by atoms with Crippen molar-refractivity contribution in [2.75, 3.05) is 31.9 Å². The molecule has 4 rings (SSSR count). The van der Waals surface area contributed by atoms with E-state index in [-0.39, 0.29) is 0 Å². The number of benzene rings is 2. The van der Waals surface area contributed by atoms with Crippen molar-refractivity contribution in [3.63, 3.8) is 0 Å². The van der Waals surface area contributed by atoms with E-state index in [4.69, 9.17) is 0 Å². The van der Waals surface area contributed by atoms with Gasteiger partial charge in [0.25, 0.3) is 0 Å². The van der Waals surface area contributed by atoms with E-state index in [0.717, 1.165) is 44.4 Å². The van der Waals surface area contributed by atoms with E-state index in [0.29, 0.717) is 12.3 Å². The summed E-state index contributed by atoms with van der Waals surface area (Å²) >= 11 is 1.87. The van der Waals surface area contributed by atoms with Crippen LogP contribution in [0.15, 0.2) is 59.5 Å². The normalized spacial score (nSPS) is 18.5. The van der Waals surface area contributed by atoms with E-state index in [1.54, 1.807) is 0 Å². The summed E-state index contributed by atoms with van der Waals surface area (Å²) in [4.78, 5) is 18.7. The summed E-state index contributed by atoms with van der Waals surface area (Å²) in [7, 11) is 0. The Morgan fingerprint density at radius 3 is 2.54 bits per heavy atom. The molecule has 1 saturated heterocycles. The highest BCUT2D eigenvalue weighted by Crippen LogP contribution is 2.27. The third kappa shape index (κ3) is 5.18. The summed E-state index contributed by atoms with van der Waals surface area (Å²) in [6.07, 6.45) is 4.34. The van der Waals surface area contributed by atoms with Crippen LogP contribution in [0.25, 0.3) is 0 Å². The van der Waals surface area contributed by atoms with Gasteiger partial charge in [0, 0.05) is 36.7 Å². The highest BCUT2D eigenvalue weighted by atomic mass is 32.2. The number of likely N-dealkylation sites (tertiary alicyclic amines) is 1. The van der Waals surface area contributed by atoms with Crippen LogP contribution in [0.1, 0.15) is 30.4 Å². The molecule has 0 aromatic heterocycles. The van der Waals surface area contributed by atoms with Gasteiger partial charge < -0.3 is 9.80 Å². The maximum Gasteiger partial charge on any atom is 0.224 e. The molecule has 0 atom stereocenters. The van der Waals surface area contributed by atoms with Crippen molar-refractivity contribution in [3.8, 4) is 0 Å². The predicted octanol–water partition coefficient (Wildman–Crippen LogP) is 4.47. The number of carbonyl (C=O) groups excluding carboxylic acids is 1. The molecule has 0 N–H and O–H groups in total. The van der Waals surface area contributed by atoms with Gasteiger partial charge in [-0.3, -0.25) is 4.79 Å². The van der Waals surface area contributed by atoms with Crippen molar-refractivity contribution < 1.29 is 4.79 Å². The standard InChI is InChI=1S/C24H30N2OS/c27-24(26-16-17-28-23-9-5-4-8-22(23)19-26)12-15-25-13-10-21(11-14-25)18-20-6-2-1-3-7-20/h1-9,21H,10-19H2. The molecule has 2 aromatic carbocycles. The van der Waals surface area contributed by atoms with Gasteiger partial charge in [0.2, 0.25) is 5.91 Å². The molecule has 3 nitrogen and oxygen atoms in total. The number of fused-ring (bicyclic) bond motifs is 1. The molecule has 0 aliphatic carbocycles. The molecule has 2 heterocycles. The van der Waals surface area contributed by atoms with Crippen molar-refractivity contribution in [1.82, 2.24) is 9.80 Å². The Hall–Kier alpha value is -1.78. The van der Waals surface area contributed by atoms with Crippen molar-refractivity contribution in [3.05, 3.63) is 65.7 Å². The lowest BCUT2D eigenvalue weighted by Crippen LogP contribution is -2.38. The van der Waals surface area contributed by atoms with Crippen LogP contribution in [0.2, 0.25) is 0 Å². The number of hydrogen-bond donors (Lipinski definition) is 0. The number of piperidine rings is 1. The number of rotatable bonds is 5.